The lowest BCUT2D eigenvalue weighted by atomic mass is 10.0. The minimum atomic E-state index is -0.378. The van der Waals surface area contributed by atoms with Crippen LogP contribution in [0.1, 0.15) is 40.0 Å². The predicted molar refractivity (Wildman–Crippen MR) is 122 cm³/mol. The van der Waals surface area contributed by atoms with Crippen LogP contribution in [0.2, 0.25) is 0 Å². The summed E-state index contributed by atoms with van der Waals surface area (Å²) in [5, 5.41) is 9.44. The zero-order chi connectivity index (χ0) is 22.5. The highest BCUT2D eigenvalue weighted by molar-refractivity contribution is 7.98. The van der Waals surface area contributed by atoms with Gasteiger partial charge in [-0.05, 0) is 50.1 Å². The number of aromatic nitrogens is 3. The average molecular weight is 450 g/mol. The monoisotopic (exact) mass is 449 g/mol. The summed E-state index contributed by atoms with van der Waals surface area (Å²) < 4.78 is 16.7. The van der Waals surface area contributed by atoms with E-state index in [9.17, 15) is 4.79 Å². The molecule has 0 bridgehead atoms. The molecule has 0 aliphatic heterocycles. The molecule has 0 amide bonds. The summed E-state index contributed by atoms with van der Waals surface area (Å²) >= 11 is 1.32. The lowest BCUT2D eigenvalue weighted by Crippen LogP contribution is -2.12. The molecule has 0 N–H and O–H groups in total. The lowest BCUT2D eigenvalue weighted by Gasteiger charge is -2.13. The minimum absolute atomic E-state index is 0.179. The number of esters is 1. The van der Waals surface area contributed by atoms with Crippen molar-refractivity contribution in [2.24, 2.45) is 0 Å². The molecule has 0 saturated heterocycles. The molecular formula is C24H23N3O4S. The fourth-order valence-electron chi connectivity index (χ4n) is 3.35. The second kappa shape index (κ2) is 9.82. The Morgan fingerprint density at radius 2 is 1.94 bits per heavy atom. The number of carbonyl (C=O) groups excluding carboxylic acids is 1. The first-order valence-electron chi connectivity index (χ1n) is 10.2. The van der Waals surface area contributed by atoms with Gasteiger partial charge in [0.2, 0.25) is 0 Å². The number of benzene rings is 2. The number of pyridine rings is 1. The van der Waals surface area contributed by atoms with Crippen LogP contribution in [0.4, 0.5) is 0 Å². The number of thioether (sulfide) groups is 1. The van der Waals surface area contributed by atoms with Crippen molar-refractivity contribution in [3.63, 3.8) is 0 Å². The number of hydrogen-bond acceptors (Lipinski definition) is 8. The van der Waals surface area contributed by atoms with Gasteiger partial charge in [0.25, 0.3) is 11.1 Å². The smallest absolute Gasteiger partial charge is 0.340 e. The van der Waals surface area contributed by atoms with Crippen LogP contribution in [-0.2, 0) is 17.1 Å². The Bertz CT molecular complexity index is 1260. The fourth-order valence-corrected chi connectivity index (χ4v) is 4.08. The van der Waals surface area contributed by atoms with E-state index >= 15 is 0 Å². The van der Waals surface area contributed by atoms with Gasteiger partial charge in [0.1, 0.15) is 5.75 Å². The molecule has 164 valence electrons. The number of para-hydroxylation sites is 1. The first kappa shape index (κ1) is 21.8. The molecule has 8 heteroatoms. The second-order valence-electron chi connectivity index (χ2n) is 7.15. The van der Waals surface area contributed by atoms with Crippen molar-refractivity contribution in [2.75, 3.05) is 6.61 Å². The molecule has 0 fully saturated rings. The van der Waals surface area contributed by atoms with Crippen LogP contribution in [0.15, 0.2) is 58.2 Å². The fraction of sp³-hybridized carbons (Fsp3) is 0.250. The van der Waals surface area contributed by atoms with Crippen LogP contribution in [0.3, 0.4) is 0 Å². The minimum Gasteiger partial charge on any atom is -0.484 e. The van der Waals surface area contributed by atoms with Crippen molar-refractivity contribution in [1.29, 1.82) is 0 Å². The second-order valence-corrected chi connectivity index (χ2v) is 8.08. The molecule has 2 aromatic heterocycles. The van der Waals surface area contributed by atoms with E-state index in [1.54, 1.807) is 6.92 Å². The van der Waals surface area contributed by atoms with Gasteiger partial charge in [0, 0.05) is 11.1 Å². The lowest BCUT2D eigenvalue weighted by molar-refractivity contribution is 0.0524. The Morgan fingerprint density at radius 1 is 1.09 bits per heavy atom. The molecule has 32 heavy (non-hydrogen) atoms. The van der Waals surface area contributed by atoms with Crippen molar-refractivity contribution >= 4 is 28.6 Å². The van der Waals surface area contributed by atoms with Gasteiger partial charge in [0.15, 0.2) is 6.61 Å². The number of hydrogen-bond donors (Lipinski definition) is 0. The Balaban J connectivity index is 1.50. The molecule has 0 radical (unpaired) electrons. The quantitative estimate of drug-likeness (QED) is 0.265. The molecule has 4 rings (SSSR count). The number of aryl methyl sites for hydroxylation is 2. The summed E-state index contributed by atoms with van der Waals surface area (Å²) in [4.78, 5) is 17.4. The Hall–Kier alpha value is -3.39. The van der Waals surface area contributed by atoms with Gasteiger partial charge < -0.3 is 13.9 Å². The summed E-state index contributed by atoms with van der Waals surface area (Å²) in [6.07, 6.45) is 0. The molecular weight excluding hydrogens is 426 g/mol. The number of fused-ring (bicyclic) bond motifs is 1. The number of ether oxygens (including phenoxy) is 2. The largest absolute Gasteiger partial charge is 0.484 e. The third kappa shape index (κ3) is 4.91. The van der Waals surface area contributed by atoms with Crippen LogP contribution in [-0.4, -0.2) is 27.8 Å². The molecule has 0 atom stereocenters. The molecule has 0 aliphatic carbocycles. The van der Waals surface area contributed by atoms with Gasteiger partial charge in [-0.2, -0.15) is 0 Å². The average Bonchev–Trinajstić information content (AvgIpc) is 3.24. The van der Waals surface area contributed by atoms with E-state index in [-0.39, 0.29) is 12.6 Å². The summed E-state index contributed by atoms with van der Waals surface area (Å²) in [6.45, 7) is 6.18. The summed E-state index contributed by atoms with van der Waals surface area (Å²) in [5.74, 6) is 1.13. The van der Waals surface area contributed by atoms with Gasteiger partial charge in [-0.15, -0.1) is 10.2 Å². The molecule has 2 heterocycles. The van der Waals surface area contributed by atoms with Crippen LogP contribution in [0.5, 0.6) is 5.75 Å². The summed E-state index contributed by atoms with van der Waals surface area (Å²) in [7, 11) is 0. The van der Waals surface area contributed by atoms with E-state index in [1.165, 1.54) is 11.8 Å². The van der Waals surface area contributed by atoms with Crippen molar-refractivity contribution in [1.82, 2.24) is 15.2 Å². The van der Waals surface area contributed by atoms with E-state index in [0.717, 1.165) is 27.8 Å². The van der Waals surface area contributed by atoms with Crippen LogP contribution >= 0.6 is 11.8 Å². The zero-order valence-electron chi connectivity index (χ0n) is 18.1. The summed E-state index contributed by atoms with van der Waals surface area (Å²) in [5.41, 5.74) is 3.90. The molecule has 0 unspecified atom stereocenters. The normalized spacial score (nSPS) is 11.0. The third-order valence-electron chi connectivity index (χ3n) is 4.84. The van der Waals surface area contributed by atoms with Crippen LogP contribution < -0.4 is 4.74 Å². The van der Waals surface area contributed by atoms with Crippen LogP contribution in [0, 0.1) is 13.8 Å². The van der Waals surface area contributed by atoms with E-state index < -0.39 is 0 Å². The SMILES string of the molecule is CCOC(=O)c1c(CSc2nnc(COc3cccc(C)c3)o2)nc2ccccc2c1C. The first-order chi connectivity index (χ1) is 15.5. The highest BCUT2D eigenvalue weighted by atomic mass is 32.2. The molecule has 2 aromatic carbocycles. The highest BCUT2D eigenvalue weighted by Gasteiger charge is 2.21. The van der Waals surface area contributed by atoms with Crippen LogP contribution in [0.25, 0.3) is 10.9 Å². The van der Waals surface area contributed by atoms with Gasteiger partial charge in [-0.25, -0.2) is 4.79 Å². The molecule has 0 spiro atoms. The Kier molecular flexibility index (Phi) is 6.70. The standard InChI is InChI=1S/C24H23N3O4S/c1-4-29-23(28)22-16(3)18-10-5-6-11-19(18)25-20(22)14-32-24-27-26-21(31-24)13-30-17-9-7-8-15(2)12-17/h5-12H,4,13-14H2,1-3H3. The Morgan fingerprint density at radius 3 is 2.75 bits per heavy atom. The topological polar surface area (TPSA) is 87.3 Å². The van der Waals surface area contributed by atoms with Crippen molar-refractivity contribution in [2.45, 2.75) is 38.4 Å². The third-order valence-corrected chi connectivity index (χ3v) is 5.67. The van der Waals surface area contributed by atoms with Gasteiger partial charge in [-0.1, -0.05) is 42.1 Å². The predicted octanol–water partition coefficient (Wildman–Crippen LogP) is 5.28. The van der Waals surface area contributed by atoms with Gasteiger partial charge in [-0.3, -0.25) is 4.98 Å². The zero-order valence-corrected chi connectivity index (χ0v) is 18.9. The number of carbonyl (C=O) groups is 1. The van der Waals surface area contributed by atoms with E-state index in [1.807, 2.05) is 62.4 Å². The number of rotatable bonds is 8. The molecule has 0 saturated carbocycles. The maximum atomic E-state index is 12.6. The van der Waals surface area contributed by atoms with E-state index in [4.69, 9.17) is 18.9 Å². The molecule has 4 aromatic rings. The van der Waals surface area contributed by atoms with Crippen molar-refractivity contribution in [3.8, 4) is 5.75 Å². The van der Waals surface area contributed by atoms with E-state index in [0.29, 0.717) is 34.7 Å². The Labute approximate surface area is 190 Å². The highest BCUT2D eigenvalue weighted by Crippen LogP contribution is 2.29. The van der Waals surface area contributed by atoms with Crippen molar-refractivity contribution < 1.29 is 18.7 Å². The number of nitrogens with zero attached hydrogens (tertiary/aromatic N) is 3. The maximum Gasteiger partial charge on any atom is 0.340 e. The van der Waals surface area contributed by atoms with Gasteiger partial charge in [0.05, 0.1) is 23.4 Å². The van der Waals surface area contributed by atoms with E-state index in [2.05, 4.69) is 10.2 Å². The summed E-state index contributed by atoms with van der Waals surface area (Å²) in [6, 6.07) is 15.5. The molecule has 7 nitrogen and oxygen atoms in total. The van der Waals surface area contributed by atoms with Crippen molar-refractivity contribution in [3.05, 3.63) is 76.8 Å². The van der Waals surface area contributed by atoms with Gasteiger partial charge >= 0.3 is 5.97 Å². The molecule has 0 aliphatic rings. The maximum absolute atomic E-state index is 12.6. The first-order valence-corrected chi connectivity index (χ1v) is 11.2.